The van der Waals surface area contributed by atoms with Crippen molar-refractivity contribution in [2.75, 3.05) is 43.9 Å². The van der Waals surface area contributed by atoms with Crippen LogP contribution in [0.4, 0.5) is 5.69 Å². The van der Waals surface area contributed by atoms with E-state index >= 15 is 0 Å². The second-order valence-corrected chi connectivity index (χ2v) is 7.79. The van der Waals surface area contributed by atoms with Gasteiger partial charge in [0.1, 0.15) is 5.75 Å². The number of thioether (sulfide) groups is 1. The molecule has 0 atom stereocenters. The number of nitrogens with zero attached hydrogens (tertiary/aromatic N) is 2. The van der Waals surface area contributed by atoms with Crippen LogP contribution in [0.5, 0.6) is 5.75 Å². The molecule has 2 aromatic rings. The van der Waals surface area contributed by atoms with E-state index in [1.54, 1.807) is 18.9 Å². The quantitative estimate of drug-likeness (QED) is 0.815. The van der Waals surface area contributed by atoms with Crippen LogP contribution in [-0.4, -0.2) is 55.6 Å². The molecule has 1 fully saturated rings. The Bertz CT molecular complexity index is 875. The van der Waals surface area contributed by atoms with Crippen molar-refractivity contribution in [3.63, 3.8) is 0 Å². The molecule has 140 valence electrons. The van der Waals surface area contributed by atoms with Gasteiger partial charge in [-0.2, -0.15) is 0 Å². The van der Waals surface area contributed by atoms with Crippen molar-refractivity contribution in [3.05, 3.63) is 53.6 Å². The third-order valence-corrected chi connectivity index (χ3v) is 6.24. The van der Waals surface area contributed by atoms with Crippen LogP contribution >= 0.6 is 11.8 Å². The molecule has 4 rings (SSSR count). The highest BCUT2D eigenvalue weighted by molar-refractivity contribution is 7.99. The summed E-state index contributed by atoms with van der Waals surface area (Å²) in [7, 11) is 1.67. The maximum atomic E-state index is 13.1. The molecule has 2 aliphatic heterocycles. The van der Waals surface area contributed by atoms with E-state index in [1.165, 1.54) is 0 Å². The van der Waals surface area contributed by atoms with Gasteiger partial charge in [-0.05, 0) is 18.2 Å². The summed E-state index contributed by atoms with van der Waals surface area (Å²) in [6.45, 7) is 2.89. The van der Waals surface area contributed by atoms with Gasteiger partial charge in [0.15, 0.2) is 5.78 Å². The molecule has 0 bridgehead atoms. The number of amides is 1. The van der Waals surface area contributed by atoms with Crippen molar-refractivity contribution < 1.29 is 14.3 Å². The number of piperazine rings is 1. The SMILES string of the molecule is COc1cccc(N2CCN(C(=O)c3cccc4c3SCCC4=O)CC2)c1. The van der Waals surface area contributed by atoms with Gasteiger partial charge < -0.3 is 14.5 Å². The van der Waals surface area contributed by atoms with Crippen LogP contribution in [0.15, 0.2) is 47.4 Å². The number of rotatable bonds is 3. The summed E-state index contributed by atoms with van der Waals surface area (Å²) in [4.78, 5) is 30.2. The largest absolute Gasteiger partial charge is 0.497 e. The van der Waals surface area contributed by atoms with Crippen molar-refractivity contribution in [1.29, 1.82) is 0 Å². The Balaban J connectivity index is 1.48. The monoisotopic (exact) mass is 382 g/mol. The molecular weight excluding hydrogens is 360 g/mol. The number of hydrogen-bond acceptors (Lipinski definition) is 5. The third kappa shape index (κ3) is 3.54. The first-order valence-corrected chi connectivity index (χ1v) is 10.1. The molecule has 1 amide bonds. The molecule has 0 spiro atoms. The van der Waals surface area contributed by atoms with Crippen LogP contribution in [0.3, 0.4) is 0 Å². The van der Waals surface area contributed by atoms with Gasteiger partial charge in [-0.15, -0.1) is 11.8 Å². The number of benzene rings is 2. The Morgan fingerprint density at radius 1 is 1.07 bits per heavy atom. The molecule has 2 aliphatic rings. The van der Waals surface area contributed by atoms with Gasteiger partial charge in [-0.3, -0.25) is 9.59 Å². The highest BCUT2D eigenvalue weighted by atomic mass is 32.2. The van der Waals surface area contributed by atoms with Gasteiger partial charge in [0.2, 0.25) is 0 Å². The maximum Gasteiger partial charge on any atom is 0.255 e. The van der Waals surface area contributed by atoms with Gasteiger partial charge in [0.25, 0.3) is 5.91 Å². The smallest absolute Gasteiger partial charge is 0.255 e. The Kier molecular flexibility index (Phi) is 5.07. The van der Waals surface area contributed by atoms with Crippen molar-refractivity contribution in [3.8, 4) is 5.75 Å². The lowest BCUT2D eigenvalue weighted by Crippen LogP contribution is -2.49. The van der Waals surface area contributed by atoms with Crippen LogP contribution in [-0.2, 0) is 0 Å². The van der Waals surface area contributed by atoms with Crippen LogP contribution < -0.4 is 9.64 Å². The molecule has 6 heteroatoms. The summed E-state index contributed by atoms with van der Waals surface area (Å²) in [5.41, 5.74) is 2.48. The van der Waals surface area contributed by atoms with Crippen LogP contribution in [0.1, 0.15) is 27.1 Å². The van der Waals surface area contributed by atoms with E-state index < -0.39 is 0 Å². The standard InChI is InChI=1S/C21H22N2O3S/c1-26-16-5-2-4-15(14-16)22-9-11-23(12-10-22)21(25)18-7-3-6-17-19(24)8-13-27-20(17)18/h2-7,14H,8-13H2,1H3. The van der Waals surface area contributed by atoms with Crippen molar-refractivity contribution in [2.24, 2.45) is 0 Å². The average molecular weight is 382 g/mol. The first kappa shape index (κ1) is 17.9. The molecule has 0 aromatic heterocycles. The average Bonchev–Trinajstić information content (AvgIpc) is 2.73. The van der Waals surface area contributed by atoms with Crippen molar-refractivity contribution in [2.45, 2.75) is 11.3 Å². The topological polar surface area (TPSA) is 49.9 Å². The molecule has 27 heavy (non-hydrogen) atoms. The summed E-state index contributed by atoms with van der Waals surface area (Å²) in [6, 6.07) is 13.5. The number of carbonyl (C=O) groups excluding carboxylic acids is 2. The fraction of sp³-hybridized carbons (Fsp3) is 0.333. The highest BCUT2D eigenvalue weighted by Gasteiger charge is 2.28. The van der Waals surface area contributed by atoms with Gasteiger partial charge in [-0.1, -0.05) is 18.2 Å². The normalized spacial score (nSPS) is 16.9. The second-order valence-electron chi connectivity index (χ2n) is 6.68. The summed E-state index contributed by atoms with van der Waals surface area (Å²) < 4.78 is 5.30. The molecule has 2 heterocycles. The zero-order valence-corrected chi connectivity index (χ0v) is 16.1. The number of Topliss-reactive ketones (excluding diaryl/α,β-unsaturated/α-hetero) is 1. The third-order valence-electron chi connectivity index (χ3n) is 5.11. The van der Waals surface area contributed by atoms with E-state index in [1.807, 2.05) is 41.3 Å². The van der Waals surface area contributed by atoms with E-state index in [0.29, 0.717) is 30.6 Å². The molecule has 0 radical (unpaired) electrons. The van der Waals surface area contributed by atoms with Gasteiger partial charge in [-0.25, -0.2) is 0 Å². The number of hydrogen-bond donors (Lipinski definition) is 0. The number of ketones is 1. The molecule has 0 aliphatic carbocycles. The summed E-state index contributed by atoms with van der Waals surface area (Å²) in [6.07, 6.45) is 0.550. The zero-order chi connectivity index (χ0) is 18.8. The van der Waals surface area contributed by atoms with E-state index in [4.69, 9.17) is 4.74 Å². The number of fused-ring (bicyclic) bond motifs is 1. The Labute approximate surface area is 163 Å². The number of methoxy groups -OCH3 is 1. The summed E-state index contributed by atoms with van der Waals surface area (Å²) in [5.74, 6) is 1.75. The van der Waals surface area contributed by atoms with Gasteiger partial charge in [0, 0.05) is 60.6 Å². The molecule has 0 unspecified atom stereocenters. The van der Waals surface area contributed by atoms with E-state index in [2.05, 4.69) is 11.0 Å². The fourth-order valence-electron chi connectivity index (χ4n) is 3.61. The van der Waals surface area contributed by atoms with E-state index in [-0.39, 0.29) is 11.7 Å². The Morgan fingerprint density at radius 2 is 1.85 bits per heavy atom. The van der Waals surface area contributed by atoms with Crippen molar-refractivity contribution >= 4 is 29.1 Å². The molecule has 0 saturated carbocycles. The first-order chi connectivity index (χ1) is 13.2. The molecule has 1 saturated heterocycles. The molecular formula is C21H22N2O3S. The Hall–Kier alpha value is -2.47. The van der Waals surface area contributed by atoms with E-state index in [0.717, 1.165) is 35.2 Å². The number of carbonyl (C=O) groups is 2. The molecule has 0 N–H and O–H groups in total. The van der Waals surface area contributed by atoms with Gasteiger partial charge >= 0.3 is 0 Å². The zero-order valence-electron chi connectivity index (χ0n) is 15.3. The lowest BCUT2D eigenvalue weighted by molar-refractivity contribution is 0.0743. The summed E-state index contributed by atoms with van der Waals surface area (Å²) >= 11 is 1.62. The van der Waals surface area contributed by atoms with Gasteiger partial charge in [0.05, 0.1) is 12.7 Å². The second kappa shape index (κ2) is 7.64. The van der Waals surface area contributed by atoms with Crippen LogP contribution in [0.25, 0.3) is 0 Å². The minimum absolute atomic E-state index is 0.0272. The highest BCUT2D eigenvalue weighted by Crippen LogP contribution is 2.34. The van der Waals surface area contributed by atoms with E-state index in [9.17, 15) is 9.59 Å². The maximum absolute atomic E-state index is 13.1. The molecule has 2 aromatic carbocycles. The predicted molar refractivity (Wildman–Crippen MR) is 107 cm³/mol. The lowest BCUT2D eigenvalue weighted by atomic mass is 10.0. The first-order valence-electron chi connectivity index (χ1n) is 9.14. The Morgan fingerprint density at radius 3 is 2.63 bits per heavy atom. The predicted octanol–water partition coefficient (Wildman–Crippen LogP) is 3.34. The fourth-order valence-corrected chi connectivity index (χ4v) is 4.75. The number of anilines is 1. The minimum atomic E-state index is 0.0272. The molecule has 5 nitrogen and oxygen atoms in total. The minimum Gasteiger partial charge on any atom is -0.497 e. The van der Waals surface area contributed by atoms with Crippen molar-refractivity contribution in [1.82, 2.24) is 4.90 Å². The summed E-state index contributed by atoms with van der Waals surface area (Å²) in [5, 5.41) is 0. The number of ether oxygens (including phenoxy) is 1. The van der Waals surface area contributed by atoms with Crippen LogP contribution in [0.2, 0.25) is 0 Å². The van der Waals surface area contributed by atoms with Crippen LogP contribution in [0, 0.1) is 0 Å². The lowest BCUT2D eigenvalue weighted by Gasteiger charge is -2.36.